The largest absolute Gasteiger partial charge is 0.382 e. The molecule has 0 unspecified atom stereocenters. The van der Waals surface area contributed by atoms with Crippen molar-refractivity contribution in [3.8, 4) is 0 Å². The lowest BCUT2D eigenvalue weighted by atomic mass is 10.3. The number of hydrogen-bond donors (Lipinski definition) is 0. The Bertz CT molecular complexity index is 238. The maximum Gasteiger partial charge on any atom is 0.106 e. The van der Waals surface area contributed by atoms with Gasteiger partial charge in [0.25, 0.3) is 0 Å². The van der Waals surface area contributed by atoms with Gasteiger partial charge in [0.05, 0.1) is 19.8 Å². The third-order valence-electron chi connectivity index (χ3n) is 1.49. The van der Waals surface area contributed by atoms with Crippen molar-refractivity contribution in [3.05, 3.63) is 28.5 Å². The Balaban J connectivity index is 2.25. The molecule has 1 heterocycles. The Hall–Kier alpha value is -0.450. The number of aromatic nitrogens is 1. The fraction of sp³-hybridized carbons (Fsp3) is 0.444. The minimum absolute atomic E-state index is 0.587. The van der Waals surface area contributed by atoms with E-state index in [-0.39, 0.29) is 0 Å². The Morgan fingerprint density at radius 3 is 2.85 bits per heavy atom. The Morgan fingerprint density at radius 2 is 2.23 bits per heavy atom. The molecule has 0 atom stereocenters. The van der Waals surface area contributed by atoms with Crippen LogP contribution < -0.4 is 0 Å². The van der Waals surface area contributed by atoms with Crippen LogP contribution in [-0.2, 0) is 16.1 Å². The molecule has 0 fully saturated rings. The van der Waals surface area contributed by atoms with Crippen molar-refractivity contribution in [1.82, 2.24) is 4.98 Å². The summed E-state index contributed by atoms with van der Waals surface area (Å²) in [6.07, 6.45) is 1.79. The zero-order valence-electron chi connectivity index (χ0n) is 7.50. The minimum Gasteiger partial charge on any atom is -0.382 e. The van der Waals surface area contributed by atoms with E-state index in [1.807, 2.05) is 12.1 Å². The first-order valence-corrected chi connectivity index (χ1v) is 4.79. The molecule has 4 heteroatoms. The van der Waals surface area contributed by atoms with Crippen molar-refractivity contribution >= 4 is 15.9 Å². The van der Waals surface area contributed by atoms with Crippen LogP contribution >= 0.6 is 15.9 Å². The van der Waals surface area contributed by atoms with E-state index in [9.17, 15) is 0 Å². The van der Waals surface area contributed by atoms with Gasteiger partial charge in [-0.25, -0.2) is 4.98 Å². The molecular formula is C9H12BrNO2. The molecule has 3 nitrogen and oxygen atoms in total. The van der Waals surface area contributed by atoms with Crippen molar-refractivity contribution in [2.24, 2.45) is 0 Å². The number of rotatable bonds is 5. The molecule has 1 rings (SSSR count). The van der Waals surface area contributed by atoms with E-state index in [0.29, 0.717) is 19.8 Å². The number of ether oxygens (including phenoxy) is 2. The maximum atomic E-state index is 5.32. The van der Waals surface area contributed by atoms with Gasteiger partial charge in [-0.3, -0.25) is 0 Å². The van der Waals surface area contributed by atoms with Crippen molar-refractivity contribution in [3.63, 3.8) is 0 Å². The summed E-state index contributed by atoms with van der Waals surface area (Å²) in [5.74, 6) is 0. The van der Waals surface area contributed by atoms with Gasteiger partial charge < -0.3 is 9.47 Å². The zero-order valence-corrected chi connectivity index (χ0v) is 9.08. The fourth-order valence-corrected chi connectivity index (χ4v) is 1.06. The number of halogens is 1. The summed E-state index contributed by atoms with van der Waals surface area (Å²) in [5.41, 5.74) is 1.07. The van der Waals surface area contributed by atoms with Crippen LogP contribution in [0.4, 0.5) is 0 Å². The van der Waals surface area contributed by atoms with E-state index in [2.05, 4.69) is 20.9 Å². The summed E-state index contributed by atoms with van der Waals surface area (Å²) in [6.45, 7) is 1.83. The van der Waals surface area contributed by atoms with E-state index in [4.69, 9.17) is 9.47 Å². The van der Waals surface area contributed by atoms with Gasteiger partial charge in [-0.15, -0.1) is 0 Å². The summed E-state index contributed by atoms with van der Waals surface area (Å²) in [5, 5.41) is 0. The maximum absolute atomic E-state index is 5.32. The van der Waals surface area contributed by atoms with Crippen LogP contribution in [-0.4, -0.2) is 25.3 Å². The van der Waals surface area contributed by atoms with Crippen molar-refractivity contribution < 1.29 is 9.47 Å². The molecule has 0 saturated heterocycles. The first-order chi connectivity index (χ1) is 6.33. The Morgan fingerprint density at radius 1 is 1.38 bits per heavy atom. The lowest BCUT2D eigenvalue weighted by Gasteiger charge is -2.02. The molecule has 0 saturated carbocycles. The topological polar surface area (TPSA) is 31.4 Å². The highest BCUT2D eigenvalue weighted by Crippen LogP contribution is 2.06. The third-order valence-corrected chi connectivity index (χ3v) is 1.96. The Labute approximate surface area is 86.2 Å². The van der Waals surface area contributed by atoms with Crippen LogP contribution in [0.2, 0.25) is 0 Å². The van der Waals surface area contributed by atoms with E-state index >= 15 is 0 Å². The molecule has 0 aliphatic heterocycles. The highest BCUT2D eigenvalue weighted by Gasteiger charge is 1.93. The molecule has 1 aromatic rings. The van der Waals surface area contributed by atoms with Crippen molar-refractivity contribution in [2.45, 2.75) is 6.61 Å². The summed E-state index contributed by atoms with van der Waals surface area (Å²) in [4.78, 5) is 4.08. The van der Waals surface area contributed by atoms with Gasteiger partial charge in [0, 0.05) is 13.3 Å². The number of hydrogen-bond acceptors (Lipinski definition) is 3. The first kappa shape index (κ1) is 10.6. The van der Waals surface area contributed by atoms with Gasteiger partial charge in [0.1, 0.15) is 4.60 Å². The summed E-state index contributed by atoms with van der Waals surface area (Å²) in [6, 6.07) is 3.87. The lowest BCUT2D eigenvalue weighted by Crippen LogP contribution is -2.01. The minimum atomic E-state index is 0.587. The fourth-order valence-electron chi connectivity index (χ4n) is 0.824. The summed E-state index contributed by atoms with van der Waals surface area (Å²) in [7, 11) is 1.66. The summed E-state index contributed by atoms with van der Waals surface area (Å²) >= 11 is 3.27. The van der Waals surface area contributed by atoms with Gasteiger partial charge in [0.2, 0.25) is 0 Å². The second-order valence-corrected chi connectivity index (χ2v) is 3.35. The normalized spacial score (nSPS) is 10.3. The average Bonchev–Trinajstić information content (AvgIpc) is 2.15. The number of nitrogens with zero attached hydrogens (tertiary/aromatic N) is 1. The van der Waals surface area contributed by atoms with E-state index in [0.717, 1.165) is 10.2 Å². The van der Waals surface area contributed by atoms with Crippen molar-refractivity contribution in [2.75, 3.05) is 20.3 Å². The highest BCUT2D eigenvalue weighted by molar-refractivity contribution is 9.10. The van der Waals surface area contributed by atoms with Crippen molar-refractivity contribution in [1.29, 1.82) is 0 Å². The van der Waals surface area contributed by atoms with Crippen LogP contribution in [0.25, 0.3) is 0 Å². The molecule has 0 bridgehead atoms. The highest BCUT2D eigenvalue weighted by atomic mass is 79.9. The van der Waals surface area contributed by atoms with E-state index in [1.165, 1.54) is 0 Å². The monoisotopic (exact) mass is 245 g/mol. The van der Waals surface area contributed by atoms with Gasteiger partial charge in [-0.2, -0.15) is 0 Å². The number of pyridine rings is 1. The molecule has 1 aromatic heterocycles. The predicted molar refractivity (Wildman–Crippen MR) is 53.5 cm³/mol. The molecule has 0 N–H and O–H groups in total. The average molecular weight is 246 g/mol. The molecular weight excluding hydrogens is 234 g/mol. The molecule has 0 aliphatic rings. The van der Waals surface area contributed by atoms with Crippen LogP contribution in [0.5, 0.6) is 0 Å². The number of methoxy groups -OCH3 is 1. The van der Waals surface area contributed by atoms with Crippen LogP contribution in [0.1, 0.15) is 5.56 Å². The lowest BCUT2D eigenvalue weighted by molar-refractivity contribution is 0.0615. The SMILES string of the molecule is COCCOCc1ccc(Br)nc1. The quantitative estimate of drug-likeness (QED) is 0.588. The van der Waals surface area contributed by atoms with Gasteiger partial charge >= 0.3 is 0 Å². The first-order valence-electron chi connectivity index (χ1n) is 4.00. The van der Waals surface area contributed by atoms with Gasteiger partial charge in [0.15, 0.2) is 0 Å². The molecule has 0 amide bonds. The van der Waals surface area contributed by atoms with E-state index in [1.54, 1.807) is 13.3 Å². The second kappa shape index (κ2) is 6.07. The standard InChI is InChI=1S/C9H12BrNO2/c1-12-4-5-13-7-8-2-3-9(10)11-6-8/h2-3,6H,4-5,7H2,1H3. The summed E-state index contributed by atoms with van der Waals surface area (Å²) < 4.78 is 11.0. The van der Waals surface area contributed by atoms with Crippen LogP contribution in [0.15, 0.2) is 22.9 Å². The third kappa shape index (κ3) is 4.36. The molecule has 0 spiro atoms. The predicted octanol–water partition coefficient (Wildman–Crippen LogP) is 2.01. The molecule has 0 aliphatic carbocycles. The van der Waals surface area contributed by atoms with E-state index < -0.39 is 0 Å². The van der Waals surface area contributed by atoms with Gasteiger partial charge in [-0.05, 0) is 27.6 Å². The molecule has 13 heavy (non-hydrogen) atoms. The second-order valence-electron chi connectivity index (χ2n) is 2.53. The Kier molecular flexibility index (Phi) is 4.97. The molecule has 0 radical (unpaired) electrons. The molecule has 72 valence electrons. The zero-order chi connectivity index (χ0) is 9.52. The van der Waals surface area contributed by atoms with Crippen LogP contribution in [0, 0.1) is 0 Å². The van der Waals surface area contributed by atoms with Crippen LogP contribution in [0.3, 0.4) is 0 Å². The van der Waals surface area contributed by atoms with Gasteiger partial charge in [-0.1, -0.05) is 6.07 Å². The smallest absolute Gasteiger partial charge is 0.106 e. The molecule has 0 aromatic carbocycles.